The monoisotopic (exact) mass is 351 g/mol. The van der Waals surface area contributed by atoms with E-state index in [0.29, 0.717) is 5.56 Å². The Balaban J connectivity index is 2.23. The molecule has 0 aliphatic heterocycles. The topological polar surface area (TPSA) is 113 Å². The molecule has 0 fully saturated rings. The van der Waals surface area contributed by atoms with Gasteiger partial charge in [-0.2, -0.15) is 0 Å². The fraction of sp³-hybridized carbons (Fsp3) is 0.500. The maximum absolute atomic E-state index is 11.7. The molecule has 3 N–H and O–H groups in total. The first-order chi connectivity index (χ1) is 11.8. The van der Waals surface area contributed by atoms with Gasteiger partial charge in [0.05, 0.1) is 18.8 Å². The summed E-state index contributed by atoms with van der Waals surface area (Å²) in [6.45, 7) is 2.82. The van der Waals surface area contributed by atoms with E-state index < -0.39 is 23.4 Å². The summed E-state index contributed by atoms with van der Waals surface area (Å²) in [7, 11) is 0. The van der Waals surface area contributed by atoms with Crippen LogP contribution in [0.25, 0.3) is 0 Å². The number of hydrogen-bond donors (Lipinski definition) is 3. The van der Waals surface area contributed by atoms with Crippen molar-refractivity contribution in [2.24, 2.45) is 5.41 Å². The highest BCUT2D eigenvalue weighted by molar-refractivity contribution is 5.89. The lowest BCUT2D eigenvalue weighted by molar-refractivity contribution is -0.137. The molecule has 0 unspecified atom stereocenters. The number of aliphatic hydroxyl groups is 2. The molecule has 25 heavy (non-hydrogen) atoms. The lowest BCUT2D eigenvalue weighted by Gasteiger charge is -2.27. The Kier molecular flexibility index (Phi) is 8.24. The maximum atomic E-state index is 11.7. The van der Waals surface area contributed by atoms with Crippen LogP contribution in [0.5, 0.6) is 0 Å². The number of hydrogen-bond acceptors (Lipinski definition) is 6. The van der Waals surface area contributed by atoms with E-state index in [1.807, 2.05) is 0 Å². The van der Waals surface area contributed by atoms with Crippen molar-refractivity contribution in [1.82, 2.24) is 5.32 Å². The second kappa shape index (κ2) is 9.90. The van der Waals surface area contributed by atoms with Crippen molar-refractivity contribution in [3.05, 3.63) is 35.9 Å². The molecule has 1 rings (SSSR count). The van der Waals surface area contributed by atoms with Gasteiger partial charge in [-0.15, -0.1) is 0 Å². The van der Waals surface area contributed by atoms with E-state index in [4.69, 9.17) is 9.84 Å². The summed E-state index contributed by atoms with van der Waals surface area (Å²) in [5.41, 5.74) is -0.539. The van der Waals surface area contributed by atoms with Crippen molar-refractivity contribution in [3.8, 4) is 0 Å². The quantitative estimate of drug-likeness (QED) is 0.535. The number of ether oxygens (including phenoxy) is 1. The van der Waals surface area contributed by atoms with Crippen LogP contribution in [-0.4, -0.2) is 53.7 Å². The Morgan fingerprint density at radius 1 is 1.16 bits per heavy atom. The molecular formula is C18H25NO6. The second-order valence-electron chi connectivity index (χ2n) is 6.38. The van der Waals surface area contributed by atoms with Gasteiger partial charge in [0, 0.05) is 24.8 Å². The summed E-state index contributed by atoms with van der Waals surface area (Å²) in [6, 6.07) is 8.47. The van der Waals surface area contributed by atoms with Crippen LogP contribution in [0.3, 0.4) is 0 Å². The minimum atomic E-state index is -1.36. The molecule has 0 aromatic heterocycles. The second-order valence-corrected chi connectivity index (χ2v) is 6.38. The van der Waals surface area contributed by atoms with Crippen LogP contribution >= 0.6 is 0 Å². The number of Topliss-reactive ketones (excluding diaryl/α,β-unsaturated/α-hetero) is 1. The van der Waals surface area contributed by atoms with Gasteiger partial charge in [0.15, 0.2) is 0 Å². The standard InChI is InChI=1S/C18H25NO6/c1-18(2,12-20)15(22)16(23)19-10-8-14(21)9-11-25-17(24)13-6-4-3-5-7-13/h3-7,15,20,22H,8-12H2,1-2H3,(H,19,23)/t15-/m0/s1. The van der Waals surface area contributed by atoms with E-state index in [9.17, 15) is 19.5 Å². The molecule has 0 heterocycles. The fourth-order valence-corrected chi connectivity index (χ4v) is 1.90. The number of carbonyl (C=O) groups is 3. The lowest BCUT2D eigenvalue weighted by Crippen LogP contribution is -2.46. The molecule has 0 spiro atoms. The van der Waals surface area contributed by atoms with Crippen molar-refractivity contribution in [3.63, 3.8) is 0 Å². The fourth-order valence-electron chi connectivity index (χ4n) is 1.90. The number of aliphatic hydroxyl groups excluding tert-OH is 2. The van der Waals surface area contributed by atoms with Gasteiger partial charge in [-0.3, -0.25) is 9.59 Å². The third kappa shape index (κ3) is 7.03. The minimum absolute atomic E-state index is 0.0271. The van der Waals surface area contributed by atoms with Gasteiger partial charge >= 0.3 is 5.97 Å². The predicted molar refractivity (Wildman–Crippen MR) is 90.8 cm³/mol. The van der Waals surface area contributed by atoms with E-state index in [-0.39, 0.29) is 38.4 Å². The number of amides is 1. The number of nitrogens with one attached hydrogen (secondary N) is 1. The molecule has 1 aromatic rings. The average Bonchev–Trinajstić information content (AvgIpc) is 2.61. The molecule has 7 nitrogen and oxygen atoms in total. The van der Waals surface area contributed by atoms with E-state index >= 15 is 0 Å². The van der Waals surface area contributed by atoms with Gasteiger partial charge in [-0.1, -0.05) is 32.0 Å². The van der Waals surface area contributed by atoms with Gasteiger partial charge in [-0.25, -0.2) is 4.79 Å². The van der Waals surface area contributed by atoms with Crippen molar-refractivity contribution in [1.29, 1.82) is 0 Å². The maximum Gasteiger partial charge on any atom is 0.338 e. The largest absolute Gasteiger partial charge is 0.462 e. The van der Waals surface area contributed by atoms with Gasteiger partial charge < -0.3 is 20.3 Å². The van der Waals surface area contributed by atoms with Crippen molar-refractivity contribution in [2.45, 2.75) is 32.8 Å². The highest BCUT2D eigenvalue weighted by atomic mass is 16.5. The zero-order valence-corrected chi connectivity index (χ0v) is 14.5. The summed E-state index contributed by atoms with van der Waals surface area (Å²) in [5, 5.41) is 21.4. The highest BCUT2D eigenvalue weighted by Gasteiger charge is 2.32. The van der Waals surface area contributed by atoms with Gasteiger partial charge in [0.2, 0.25) is 5.91 Å². The molecule has 138 valence electrons. The predicted octanol–water partition coefficient (Wildman–Crippen LogP) is 0.688. The van der Waals surface area contributed by atoms with E-state index in [1.165, 1.54) is 0 Å². The zero-order valence-electron chi connectivity index (χ0n) is 14.5. The van der Waals surface area contributed by atoms with Crippen LogP contribution < -0.4 is 5.32 Å². The molecular weight excluding hydrogens is 326 g/mol. The number of benzene rings is 1. The van der Waals surface area contributed by atoms with Gasteiger partial charge in [-0.05, 0) is 12.1 Å². The van der Waals surface area contributed by atoms with E-state index in [0.717, 1.165) is 0 Å². The van der Waals surface area contributed by atoms with E-state index in [1.54, 1.807) is 44.2 Å². The minimum Gasteiger partial charge on any atom is -0.462 e. The Morgan fingerprint density at radius 2 is 1.80 bits per heavy atom. The summed E-state index contributed by atoms with van der Waals surface area (Å²) < 4.78 is 5.01. The summed E-state index contributed by atoms with van der Waals surface area (Å²) in [5.74, 6) is -1.30. The molecule has 1 aromatic carbocycles. The summed E-state index contributed by atoms with van der Waals surface area (Å²) in [4.78, 5) is 35.1. The first-order valence-corrected chi connectivity index (χ1v) is 8.08. The molecule has 0 saturated carbocycles. The number of esters is 1. The number of rotatable bonds is 10. The third-order valence-corrected chi connectivity index (χ3v) is 3.72. The third-order valence-electron chi connectivity index (χ3n) is 3.72. The van der Waals surface area contributed by atoms with Gasteiger partial charge in [0.25, 0.3) is 0 Å². The first-order valence-electron chi connectivity index (χ1n) is 8.08. The molecule has 0 radical (unpaired) electrons. The number of ketones is 1. The Labute approximate surface area is 147 Å². The zero-order chi connectivity index (χ0) is 18.9. The Hall–Kier alpha value is -2.25. The average molecular weight is 351 g/mol. The SMILES string of the molecule is CC(C)(CO)[C@@H](O)C(=O)NCCC(=O)CCOC(=O)c1ccccc1. The van der Waals surface area contributed by atoms with Crippen molar-refractivity contribution >= 4 is 17.7 Å². The van der Waals surface area contributed by atoms with Crippen LogP contribution in [0.4, 0.5) is 0 Å². The molecule has 0 saturated heterocycles. The number of carbonyl (C=O) groups excluding carboxylic acids is 3. The van der Waals surface area contributed by atoms with Crippen molar-refractivity contribution in [2.75, 3.05) is 19.8 Å². The smallest absolute Gasteiger partial charge is 0.338 e. The molecule has 0 bridgehead atoms. The van der Waals surface area contributed by atoms with Crippen molar-refractivity contribution < 1.29 is 29.3 Å². The van der Waals surface area contributed by atoms with Crippen LogP contribution in [-0.2, 0) is 14.3 Å². The first kappa shape index (κ1) is 20.8. The van der Waals surface area contributed by atoms with Crippen LogP contribution in [0.1, 0.15) is 37.0 Å². The summed E-state index contributed by atoms with van der Waals surface area (Å²) >= 11 is 0. The van der Waals surface area contributed by atoms with E-state index in [2.05, 4.69) is 5.32 Å². The van der Waals surface area contributed by atoms with Gasteiger partial charge in [0.1, 0.15) is 11.9 Å². The molecule has 1 atom stereocenters. The normalized spacial score (nSPS) is 12.3. The Bertz CT molecular complexity index is 584. The van der Waals surface area contributed by atoms with Crippen LogP contribution in [0.2, 0.25) is 0 Å². The molecule has 7 heteroatoms. The summed E-state index contributed by atoms with van der Waals surface area (Å²) in [6.07, 6.45) is -1.24. The lowest BCUT2D eigenvalue weighted by atomic mass is 9.87. The molecule has 1 amide bonds. The Morgan fingerprint density at radius 3 is 2.40 bits per heavy atom. The highest BCUT2D eigenvalue weighted by Crippen LogP contribution is 2.19. The van der Waals surface area contributed by atoms with Crippen LogP contribution in [0, 0.1) is 5.41 Å². The molecule has 0 aliphatic rings. The van der Waals surface area contributed by atoms with Crippen LogP contribution in [0.15, 0.2) is 30.3 Å². The molecule has 0 aliphatic carbocycles.